The van der Waals surface area contributed by atoms with Crippen molar-refractivity contribution in [2.75, 3.05) is 33.3 Å². The van der Waals surface area contributed by atoms with Gasteiger partial charge >= 0.3 is 6.36 Å². The summed E-state index contributed by atoms with van der Waals surface area (Å²) in [5, 5.41) is 13.4. The lowest BCUT2D eigenvalue weighted by Gasteiger charge is -2.35. The molecule has 0 aromatic heterocycles. The number of nitrogens with one attached hydrogen (secondary N) is 1. The van der Waals surface area contributed by atoms with Crippen LogP contribution in [0.15, 0.2) is 42.5 Å². The van der Waals surface area contributed by atoms with Gasteiger partial charge in [0, 0.05) is 26.2 Å². The second-order valence-electron chi connectivity index (χ2n) is 6.24. The summed E-state index contributed by atoms with van der Waals surface area (Å²) in [4.78, 5) is 2.22. The van der Waals surface area contributed by atoms with Crippen molar-refractivity contribution in [3.63, 3.8) is 0 Å². The number of phenols is 1. The average molecular weight is 382 g/mol. The molecule has 5 nitrogen and oxygen atoms in total. The molecule has 0 amide bonds. The van der Waals surface area contributed by atoms with E-state index in [2.05, 4.69) is 15.0 Å². The summed E-state index contributed by atoms with van der Waals surface area (Å²) in [5.74, 6) is 0.127. The summed E-state index contributed by atoms with van der Waals surface area (Å²) < 4.78 is 46.2. The molecule has 1 atom stereocenters. The Morgan fingerprint density at radius 3 is 2.22 bits per heavy atom. The van der Waals surface area contributed by atoms with Crippen molar-refractivity contribution in [3.05, 3.63) is 53.6 Å². The van der Waals surface area contributed by atoms with E-state index < -0.39 is 6.36 Å². The molecular weight excluding hydrogens is 361 g/mol. The van der Waals surface area contributed by atoms with E-state index >= 15 is 0 Å². The van der Waals surface area contributed by atoms with E-state index in [0.29, 0.717) is 5.75 Å². The molecule has 0 spiro atoms. The van der Waals surface area contributed by atoms with Crippen LogP contribution in [0.1, 0.15) is 17.2 Å². The van der Waals surface area contributed by atoms with Crippen molar-refractivity contribution in [1.29, 1.82) is 0 Å². The number of benzene rings is 2. The number of aromatic hydroxyl groups is 1. The molecule has 0 aliphatic carbocycles. The van der Waals surface area contributed by atoms with E-state index in [1.807, 2.05) is 6.07 Å². The number of hydrogen-bond donors (Lipinski definition) is 2. The van der Waals surface area contributed by atoms with Crippen LogP contribution in [0, 0.1) is 0 Å². The Bertz CT molecular complexity index is 760. The molecule has 3 rings (SSSR count). The Hall–Kier alpha value is -2.45. The van der Waals surface area contributed by atoms with Gasteiger partial charge in [0.25, 0.3) is 0 Å². The van der Waals surface area contributed by atoms with Crippen molar-refractivity contribution in [3.8, 4) is 17.2 Å². The van der Waals surface area contributed by atoms with Crippen LogP contribution in [0.2, 0.25) is 0 Å². The standard InChI is InChI=1S/C19H21F3N2O3/c1-26-17-7-4-14(12-16(17)25)18(24-10-8-23-9-11-24)13-2-5-15(6-3-13)27-19(20,21)22/h2-7,12,18,23,25H,8-11H2,1H3/t18-/m1/s1. The van der Waals surface area contributed by atoms with Gasteiger partial charge in [-0.3, -0.25) is 4.90 Å². The fraction of sp³-hybridized carbons (Fsp3) is 0.368. The first-order valence-electron chi connectivity index (χ1n) is 8.55. The van der Waals surface area contributed by atoms with Crippen LogP contribution >= 0.6 is 0 Å². The molecule has 1 heterocycles. The number of hydrogen-bond acceptors (Lipinski definition) is 5. The van der Waals surface area contributed by atoms with Crippen molar-refractivity contribution in [2.24, 2.45) is 0 Å². The Balaban J connectivity index is 1.93. The number of ether oxygens (including phenoxy) is 2. The van der Waals surface area contributed by atoms with E-state index in [4.69, 9.17) is 4.74 Å². The monoisotopic (exact) mass is 382 g/mol. The molecule has 0 unspecified atom stereocenters. The van der Waals surface area contributed by atoms with Gasteiger partial charge in [-0.2, -0.15) is 0 Å². The number of methoxy groups -OCH3 is 1. The number of alkyl halides is 3. The third kappa shape index (κ3) is 4.84. The summed E-state index contributed by atoms with van der Waals surface area (Å²) in [6.45, 7) is 3.18. The maximum absolute atomic E-state index is 12.4. The van der Waals surface area contributed by atoms with Gasteiger partial charge in [0.1, 0.15) is 5.75 Å². The van der Waals surface area contributed by atoms with E-state index in [-0.39, 0.29) is 17.5 Å². The molecule has 27 heavy (non-hydrogen) atoms. The first-order valence-corrected chi connectivity index (χ1v) is 8.55. The first-order chi connectivity index (χ1) is 12.9. The maximum Gasteiger partial charge on any atom is 0.573 e. The molecule has 0 bridgehead atoms. The summed E-state index contributed by atoms with van der Waals surface area (Å²) >= 11 is 0. The summed E-state index contributed by atoms with van der Waals surface area (Å²) in [5.41, 5.74) is 1.65. The fourth-order valence-electron chi connectivity index (χ4n) is 3.28. The Labute approximate surface area is 155 Å². The van der Waals surface area contributed by atoms with E-state index in [1.165, 1.54) is 19.2 Å². The molecule has 1 aliphatic rings. The van der Waals surface area contributed by atoms with Gasteiger partial charge in [0.15, 0.2) is 11.5 Å². The van der Waals surface area contributed by atoms with Crippen LogP contribution in [-0.4, -0.2) is 49.7 Å². The van der Waals surface area contributed by atoms with E-state index in [1.54, 1.807) is 24.3 Å². The SMILES string of the molecule is COc1ccc([C@@H](c2ccc(OC(F)(F)F)cc2)N2CCNCC2)cc1O. The smallest absolute Gasteiger partial charge is 0.504 e. The minimum Gasteiger partial charge on any atom is -0.504 e. The Morgan fingerprint density at radius 2 is 1.67 bits per heavy atom. The molecule has 2 aromatic rings. The zero-order valence-corrected chi connectivity index (χ0v) is 14.8. The van der Waals surface area contributed by atoms with E-state index in [9.17, 15) is 18.3 Å². The van der Waals surface area contributed by atoms with Gasteiger partial charge in [0.05, 0.1) is 13.2 Å². The fourth-order valence-corrected chi connectivity index (χ4v) is 3.28. The first kappa shape index (κ1) is 19.3. The topological polar surface area (TPSA) is 54.0 Å². The number of phenolic OH excluding ortho intramolecular Hbond substituents is 1. The molecule has 2 N–H and O–H groups in total. The second kappa shape index (κ2) is 8.06. The van der Waals surface area contributed by atoms with Gasteiger partial charge in [-0.25, -0.2) is 0 Å². The normalized spacial score (nSPS) is 16.7. The lowest BCUT2D eigenvalue weighted by atomic mass is 9.96. The third-order valence-electron chi connectivity index (χ3n) is 4.46. The highest BCUT2D eigenvalue weighted by Crippen LogP contribution is 2.35. The molecule has 0 radical (unpaired) electrons. The highest BCUT2D eigenvalue weighted by molar-refractivity contribution is 5.45. The second-order valence-corrected chi connectivity index (χ2v) is 6.24. The number of rotatable bonds is 5. The molecule has 0 saturated carbocycles. The van der Waals surface area contributed by atoms with Crippen molar-refractivity contribution in [2.45, 2.75) is 12.4 Å². The molecule has 8 heteroatoms. The molecule has 2 aromatic carbocycles. The lowest BCUT2D eigenvalue weighted by molar-refractivity contribution is -0.274. The number of halogens is 3. The number of nitrogens with zero attached hydrogens (tertiary/aromatic N) is 1. The van der Waals surface area contributed by atoms with Gasteiger partial charge in [-0.15, -0.1) is 13.2 Å². The summed E-state index contributed by atoms with van der Waals surface area (Å²) in [7, 11) is 1.47. The van der Waals surface area contributed by atoms with Gasteiger partial charge in [-0.05, 0) is 35.4 Å². The van der Waals surface area contributed by atoms with Gasteiger partial charge in [0.2, 0.25) is 0 Å². The summed E-state index contributed by atoms with van der Waals surface area (Å²) in [6.07, 6.45) is -4.72. The predicted molar refractivity (Wildman–Crippen MR) is 94.1 cm³/mol. The third-order valence-corrected chi connectivity index (χ3v) is 4.46. The highest BCUT2D eigenvalue weighted by atomic mass is 19.4. The molecule has 1 aliphatic heterocycles. The molecule has 146 valence electrons. The maximum atomic E-state index is 12.4. The van der Waals surface area contributed by atoms with Crippen LogP contribution in [0.5, 0.6) is 17.2 Å². The Morgan fingerprint density at radius 1 is 1.04 bits per heavy atom. The average Bonchev–Trinajstić information content (AvgIpc) is 2.63. The molecular formula is C19H21F3N2O3. The van der Waals surface area contributed by atoms with Crippen LogP contribution in [0.4, 0.5) is 13.2 Å². The van der Waals surface area contributed by atoms with Crippen molar-refractivity contribution in [1.82, 2.24) is 10.2 Å². The van der Waals surface area contributed by atoms with E-state index in [0.717, 1.165) is 37.3 Å². The number of piperazine rings is 1. The van der Waals surface area contributed by atoms with Crippen molar-refractivity contribution < 1.29 is 27.8 Å². The largest absolute Gasteiger partial charge is 0.573 e. The van der Waals surface area contributed by atoms with Gasteiger partial charge in [-0.1, -0.05) is 18.2 Å². The minimum atomic E-state index is -4.72. The van der Waals surface area contributed by atoms with Crippen LogP contribution < -0.4 is 14.8 Å². The van der Waals surface area contributed by atoms with Crippen LogP contribution in [0.25, 0.3) is 0 Å². The quantitative estimate of drug-likeness (QED) is 0.831. The van der Waals surface area contributed by atoms with Crippen molar-refractivity contribution >= 4 is 0 Å². The molecule has 1 saturated heterocycles. The highest BCUT2D eigenvalue weighted by Gasteiger charge is 2.31. The minimum absolute atomic E-state index is 0.0205. The zero-order chi connectivity index (χ0) is 19.4. The van der Waals surface area contributed by atoms with Gasteiger partial charge < -0.3 is 19.9 Å². The predicted octanol–water partition coefficient (Wildman–Crippen LogP) is 3.29. The summed E-state index contributed by atoms with van der Waals surface area (Å²) in [6, 6.07) is 10.8. The van der Waals surface area contributed by atoms with Crippen LogP contribution in [-0.2, 0) is 0 Å². The Kier molecular flexibility index (Phi) is 5.76. The lowest BCUT2D eigenvalue weighted by Crippen LogP contribution is -2.45. The van der Waals surface area contributed by atoms with Crippen LogP contribution in [0.3, 0.4) is 0 Å². The molecule has 1 fully saturated rings. The zero-order valence-electron chi connectivity index (χ0n) is 14.8.